The fraction of sp³-hybridized carbons (Fsp3) is 0.412. The molecule has 0 saturated carbocycles. The molecule has 2 aromatic rings. The Morgan fingerprint density at radius 3 is 2.86 bits per heavy atom. The molecule has 3 rings (SSSR count). The van der Waals surface area contributed by atoms with Gasteiger partial charge >= 0.3 is 0 Å². The van der Waals surface area contributed by atoms with Crippen molar-refractivity contribution in [3.05, 3.63) is 35.7 Å². The molecule has 1 aromatic carbocycles. The summed E-state index contributed by atoms with van der Waals surface area (Å²) < 4.78 is 0. The van der Waals surface area contributed by atoms with Gasteiger partial charge in [0.25, 0.3) is 0 Å². The van der Waals surface area contributed by atoms with Crippen LogP contribution in [0, 0.1) is 0 Å². The fourth-order valence-corrected chi connectivity index (χ4v) is 2.71. The third-order valence-corrected chi connectivity index (χ3v) is 4.09. The minimum absolute atomic E-state index is 0.0490. The zero-order chi connectivity index (χ0) is 15.0. The number of anilines is 1. The van der Waals surface area contributed by atoms with Crippen LogP contribution in [-0.4, -0.2) is 15.9 Å². The van der Waals surface area contributed by atoms with Crippen LogP contribution < -0.4 is 5.32 Å². The maximum atomic E-state index is 12.0. The van der Waals surface area contributed by atoms with Crippen LogP contribution in [0.2, 0.25) is 0 Å². The maximum absolute atomic E-state index is 12.0. The van der Waals surface area contributed by atoms with Crippen LogP contribution in [0.25, 0.3) is 11.0 Å². The lowest BCUT2D eigenvalue weighted by Crippen LogP contribution is -2.26. The Balaban J connectivity index is 1.93. The number of fused-ring (bicyclic) bond motifs is 2. The molecule has 0 unspecified atom stereocenters. The number of allylic oxidation sites excluding steroid dienone is 2. The monoisotopic (exact) mass is 283 g/mol. The van der Waals surface area contributed by atoms with E-state index < -0.39 is 5.41 Å². The van der Waals surface area contributed by atoms with Crippen molar-refractivity contribution in [2.45, 2.75) is 45.4 Å². The Morgan fingerprint density at radius 2 is 2.10 bits per heavy atom. The van der Waals surface area contributed by atoms with Crippen LogP contribution in [0.3, 0.4) is 0 Å². The van der Waals surface area contributed by atoms with E-state index in [0.29, 0.717) is 0 Å². The molecule has 0 fully saturated rings. The highest BCUT2D eigenvalue weighted by molar-refractivity contribution is 6.07. The summed E-state index contributed by atoms with van der Waals surface area (Å²) in [6, 6.07) is 4.02. The zero-order valence-electron chi connectivity index (χ0n) is 12.8. The summed E-state index contributed by atoms with van der Waals surface area (Å²) in [4.78, 5) is 19.9. The summed E-state index contributed by atoms with van der Waals surface area (Å²) in [6.07, 6.45) is 7.43. The largest absolute Gasteiger partial charge is 0.342 e. The van der Waals surface area contributed by atoms with Gasteiger partial charge in [-0.15, -0.1) is 0 Å². The van der Waals surface area contributed by atoms with Gasteiger partial charge in [0.15, 0.2) is 0 Å². The van der Waals surface area contributed by atoms with E-state index in [9.17, 15) is 4.79 Å². The molecular formula is C17H21N3O. The van der Waals surface area contributed by atoms with E-state index in [4.69, 9.17) is 0 Å². The van der Waals surface area contributed by atoms with E-state index in [-0.39, 0.29) is 5.91 Å². The van der Waals surface area contributed by atoms with Crippen molar-refractivity contribution in [2.24, 2.45) is 0 Å². The molecule has 4 nitrogen and oxygen atoms in total. The van der Waals surface area contributed by atoms with Gasteiger partial charge in [0.2, 0.25) is 5.91 Å². The van der Waals surface area contributed by atoms with Gasteiger partial charge in [-0.1, -0.05) is 25.5 Å². The number of carbonyl (C=O) groups is 1. The molecule has 0 atom stereocenters. The molecule has 4 heteroatoms. The third-order valence-electron chi connectivity index (χ3n) is 4.09. The molecule has 2 N–H and O–H groups in total. The normalized spacial score (nSPS) is 16.6. The van der Waals surface area contributed by atoms with Crippen molar-refractivity contribution in [1.29, 1.82) is 0 Å². The smallest absolute Gasteiger partial charge is 0.234 e. The molecule has 21 heavy (non-hydrogen) atoms. The predicted molar refractivity (Wildman–Crippen MR) is 85.5 cm³/mol. The molecule has 1 aliphatic rings. The van der Waals surface area contributed by atoms with Gasteiger partial charge in [-0.3, -0.25) is 4.79 Å². The van der Waals surface area contributed by atoms with Crippen molar-refractivity contribution >= 4 is 22.6 Å². The SMILES string of the molecule is CCCC=CCc1nc2cc3c(cc2[nH]1)C(C)(C)C(=O)N3. The van der Waals surface area contributed by atoms with Gasteiger partial charge in [0.05, 0.1) is 16.4 Å². The summed E-state index contributed by atoms with van der Waals surface area (Å²) >= 11 is 0. The topological polar surface area (TPSA) is 57.8 Å². The van der Waals surface area contributed by atoms with Crippen LogP contribution in [0.4, 0.5) is 5.69 Å². The van der Waals surface area contributed by atoms with E-state index in [1.807, 2.05) is 19.9 Å². The molecular weight excluding hydrogens is 262 g/mol. The number of unbranched alkanes of at least 4 members (excludes halogenated alkanes) is 1. The van der Waals surface area contributed by atoms with E-state index >= 15 is 0 Å². The number of nitrogens with zero attached hydrogens (tertiary/aromatic N) is 1. The van der Waals surface area contributed by atoms with Crippen molar-refractivity contribution in [2.75, 3.05) is 5.32 Å². The minimum atomic E-state index is -0.476. The molecule has 0 aliphatic carbocycles. The molecule has 110 valence electrons. The molecule has 0 radical (unpaired) electrons. The average Bonchev–Trinajstić information content (AvgIpc) is 2.92. The first-order valence-electron chi connectivity index (χ1n) is 7.52. The Morgan fingerprint density at radius 1 is 1.29 bits per heavy atom. The lowest BCUT2D eigenvalue weighted by atomic mass is 9.86. The minimum Gasteiger partial charge on any atom is -0.342 e. The summed E-state index contributed by atoms with van der Waals surface area (Å²) in [5.41, 5.74) is 3.35. The number of rotatable bonds is 4. The Labute approximate surface area is 124 Å². The predicted octanol–water partition coefficient (Wildman–Crippen LogP) is 3.69. The van der Waals surface area contributed by atoms with Crippen LogP contribution in [0.5, 0.6) is 0 Å². The second-order valence-electron chi connectivity index (χ2n) is 6.14. The molecule has 1 aliphatic heterocycles. The summed E-state index contributed by atoms with van der Waals surface area (Å²) in [5, 5.41) is 2.94. The van der Waals surface area contributed by atoms with Crippen LogP contribution in [0.15, 0.2) is 24.3 Å². The first-order chi connectivity index (χ1) is 10.0. The molecule has 0 spiro atoms. The number of aromatic amines is 1. The number of hydrogen-bond acceptors (Lipinski definition) is 2. The van der Waals surface area contributed by atoms with Crippen molar-refractivity contribution in [1.82, 2.24) is 9.97 Å². The number of benzene rings is 1. The second kappa shape index (κ2) is 5.02. The fourth-order valence-electron chi connectivity index (χ4n) is 2.71. The highest BCUT2D eigenvalue weighted by Crippen LogP contribution is 2.39. The number of H-pyrrole nitrogens is 1. The molecule has 2 heterocycles. The van der Waals surface area contributed by atoms with Gasteiger partial charge in [-0.2, -0.15) is 0 Å². The number of imidazole rings is 1. The number of nitrogens with one attached hydrogen (secondary N) is 2. The van der Waals surface area contributed by atoms with E-state index in [0.717, 1.165) is 47.4 Å². The van der Waals surface area contributed by atoms with Gasteiger partial charge in [0, 0.05) is 12.1 Å². The standard InChI is InChI=1S/C17H21N3O/c1-4-5-6-7-8-15-18-13-9-11-12(10-14(13)19-15)20-16(21)17(11,2)3/h6-7,9-10H,4-5,8H2,1-3H3,(H,18,19)(H,20,21). The van der Waals surface area contributed by atoms with Gasteiger partial charge in [-0.25, -0.2) is 4.98 Å². The quantitative estimate of drug-likeness (QED) is 0.841. The van der Waals surface area contributed by atoms with Crippen molar-refractivity contribution < 1.29 is 4.79 Å². The first-order valence-corrected chi connectivity index (χ1v) is 7.52. The highest BCUT2D eigenvalue weighted by atomic mass is 16.2. The Bertz CT molecular complexity index is 725. The van der Waals surface area contributed by atoms with Crippen LogP contribution in [-0.2, 0) is 16.6 Å². The number of aromatic nitrogens is 2. The summed E-state index contributed by atoms with van der Waals surface area (Å²) in [5.74, 6) is 1.01. The molecule has 1 amide bonds. The Kier molecular flexibility index (Phi) is 3.32. The lowest BCUT2D eigenvalue weighted by Gasteiger charge is -2.14. The summed E-state index contributed by atoms with van der Waals surface area (Å²) in [6.45, 7) is 6.07. The van der Waals surface area contributed by atoms with E-state index in [2.05, 4.69) is 40.4 Å². The van der Waals surface area contributed by atoms with Gasteiger partial charge in [0.1, 0.15) is 5.82 Å². The van der Waals surface area contributed by atoms with Gasteiger partial charge < -0.3 is 10.3 Å². The molecule has 0 bridgehead atoms. The second-order valence-corrected chi connectivity index (χ2v) is 6.14. The molecule has 0 saturated heterocycles. The number of carbonyl (C=O) groups excluding carboxylic acids is 1. The maximum Gasteiger partial charge on any atom is 0.234 e. The zero-order valence-corrected chi connectivity index (χ0v) is 12.8. The van der Waals surface area contributed by atoms with Crippen molar-refractivity contribution in [3.63, 3.8) is 0 Å². The third kappa shape index (κ3) is 2.35. The average molecular weight is 283 g/mol. The number of hydrogen-bond donors (Lipinski definition) is 2. The Hall–Kier alpha value is -2.10. The summed E-state index contributed by atoms with van der Waals surface area (Å²) in [7, 11) is 0. The van der Waals surface area contributed by atoms with Crippen molar-refractivity contribution in [3.8, 4) is 0 Å². The van der Waals surface area contributed by atoms with Crippen LogP contribution in [0.1, 0.15) is 45.0 Å². The lowest BCUT2D eigenvalue weighted by molar-refractivity contribution is -0.119. The van der Waals surface area contributed by atoms with Gasteiger partial charge in [-0.05, 0) is 38.0 Å². The first kappa shape index (κ1) is 13.9. The van der Waals surface area contributed by atoms with Crippen LogP contribution >= 0.6 is 0 Å². The van der Waals surface area contributed by atoms with E-state index in [1.165, 1.54) is 0 Å². The van der Waals surface area contributed by atoms with E-state index in [1.54, 1.807) is 0 Å². The molecule has 1 aromatic heterocycles. The number of amides is 1. The highest BCUT2D eigenvalue weighted by Gasteiger charge is 2.38.